The molecule has 0 aromatic carbocycles. The molecule has 2 amide bonds. The van der Waals surface area contributed by atoms with Crippen molar-refractivity contribution in [3.8, 4) is 0 Å². The van der Waals surface area contributed by atoms with Gasteiger partial charge >= 0.3 is 6.03 Å². The van der Waals surface area contributed by atoms with Gasteiger partial charge in [-0.2, -0.15) is 0 Å². The monoisotopic (exact) mass is 414 g/mol. The molecule has 0 aliphatic carbocycles. The van der Waals surface area contributed by atoms with Crippen molar-refractivity contribution < 1.29 is 40.2 Å². The Labute approximate surface area is 163 Å². The lowest BCUT2D eigenvalue weighted by Crippen LogP contribution is -2.69. The highest BCUT2D eigenvalue weighted by atomic mass is 35.5. The molecule has 7 N–H and O–H groups in total. The molecule has 1 aliphatic rings. The molecule has 1 saturated heterocycles. The van der Waals surface area contributed by atoms with Crippen LogP contribution < -0.4 is 5.32 Å². The standard InChI is InChI=1S/C16H31ClN2O8/c1-8(2)6-16(26)13(23)11(22)10(21)12(27-16)14(24)19(7-9(3)20)15(25)18-5-4-17/h8-14,20-24,26H,4-7H2,1-3H3,(H,18,25)/t9?,10-,11-,12-,13+,14?,16+/m0/s1. The van der Waals surface area contributed by atoms with E-state index in [2.05, 4.69) is 5.32 Å². The summed E-state index contributed by atoms with van der Waals surface area (Å²) in [4.78, 5) is 13.1. The van der Waals surface area contributed by atoms with Crippen LogP contribution in [0.3, 0.4) is 0 Å². The summed E-state index contributed by atoms with van der Waals surface area (Å²) in [6, 6.07) is -0.784. The summed E-state index contributed by atoms with van der Waals surface area (Å²) < 4.78 is 5.37. The molecule has 1 aliphatic heterocycles. The third kappa shape index (κ3) is 6.13. The van der Waals surface area contributed by atoms with Crippen LogP contribution in [0, 0.1) is 5.92 Å². The zero-order chi connectivity index (χ0) is 20.9. The summed E-state index contributed by atoms with van der Waals surface area (Å²) in [6.07, 6.45) is -9.99. The van der Waals surface area contributed by atoms with Gasteiger partial charge in [-0.05, 0) is 12.8 Å². The smallest absolute Gasteiger partial charge is 0.319 e. The maximum atomic E-state index is 12.3. The predicted molar refractivity (Wildman–Crippen MR) is 95.8 cm³/mol. The summed E-state index contributed by atoms with van der Waals surface area (Å²) in [7, 11) is 0. The highest BCUT2D eigenvalue weighted by molar-refractivity contribution is 6.18. The normalized spacial score (nSPS) is 33.6. The third-order valence-corrected chi connectivity index (χ3v) is 4.41. The molecule has 11 heteroatoms. The molecule has 27 heavy (non-hydrogen) atoms. The number of ether oxygens (including phenoxy) is 1. The van der Waals surface area contributed by atoms with Gasteiger partial charge in [0, 0.05) is 18.8 Å². The lowest BCUT2D eigenvalue weighted by molar-refractivity contribution is -0.367. The van der Waals surface area contributed by atoms with Crippen molar-refractivity contribution in [2.45, 2.75) is 69.7 Å². The highest BCUT2D eigenvalue weighted by Crippen LogP contribution is 2.34. The van der Waals surface area contributed by atoms with Crippen LogP contribution in [0.4, 0.5) is 4.79 Å². The van der Waals surface area contributed by atoms with E-state index in [1.807, 2.05) is 0 Å². The first kappa shape index (κ1) is 24.3. The van der Waals surface area contributed by atoms with E-state index >= 15 is 0 Å². The van der Waals surface area contributed by atoms with Gasteiger partial charge in [0.2, 0.25) is 0 Å². The molecular formula is C16H31ClN2O8. The first-order chi connectivity index (χ1) is 12.4. The quantitative estimate of drug-likeness (QED) is 0.180. The molecule has 1 rings (SSSR count). The predicted octanol–water partition coefficient (Wildman–Crippen LogP) is -1.85. The number of rotatable bonds is 8. The number of nitrogens with one attached hydrogen (secondary N) is 1. The number of carbonyl (C=O) groups excluding carboxylic acids is 1. The van der Waals surface area contributed by atoms with Crippen molar-refractivity contribution in [1.82, 2.24) is 10.2 Å². The van der Waals surface area contributed by atoms with Crippen LogP contribution in [0.5, 0.6) is 0 Å². The minimum absolute atomic E-state index is 0.0873. The summed E-state index contributed by atoms with van der Waals surface area (Å²) in [5.41, 5.74) is 0. The Balaban J connectivity index is 3.10. The van der Waals surface area contributed by atoms with Crippen LogP contribution >= 0.6 is 11.6 Å². The number of urea groups is 1. The van der Waals surface area contributed by atoms with Crippen LogP contribution in [0.25, 0.3) is 0 Å². The Hall–Kier alpha value is -0.720. The summed E-state index contributed by atoms with van der Waals surface area (Å²) in [5.74, 6) is -2.27. The number of aliphatic hydroxyl groups is 6. The SMILES string of the molecule is CC(C)C[C@@]1(O)O[C@H](C(O)N(CC(C)O)C(=O)NCCCl)[C@@H](O)[C@H](O)[C@H]1O. The average Bonchev–Trinajstić information content (AvgIpc) is 2.57. The molecule has 160 valence electrons. The van der Waals surface area contributed by atoms with Crippen molar-refractivity contribution in [3.63, 3.8) is 0 Å². The molecular weight excluding hydrogens is 384 g/mol. The van der Waals surface area contributed by atoms with Gasteiger partial charge in [-0.25, -0.2) is 4.79 Å². The fourth-order valence-electron chi connectivity index (χ4n) is 3.04. The Bertz CT molecular complexity index is 483. The minimum Gasteiger partial charge on any atom is -0.392 e. The number of carbonyl (C=O) groups is 1. The highest BCUT2D eigenvalue weighted by Gasteiger charge is 2.55. The molecule has 0 spiro atoms. The van der Waals surface area contributed by atoms with Crippen molar-refractivity contribution in [3.05, 3.63) is 0 Å². The van der Waals surface area contributed by atoms with Gasteiger partial charge in [-0.15, -0.1) is 11.6 Å². The van der Waals surface area contributed by atoms with Gasteiger partial charge in [0.25, 0.3) is 0 Å². The molecule has 0 aromatic rings. The van der Waals surface area contributed by atoms with E-state index in [1.54, 1.807) is 13.8 Å². The van der Waals surface area contributed by atoms with E-state index in [-0.39, 0.29) is 31.3 Å². The Morgan fingerprint density at radius 3 is 2.30 bits per heavy atom. The molecule has 0 bridgehead atoms. The average molecular weight is 415 g/mol. The Morgan fingerprint density at radius 2 is 1.81 bits per heavy atom. The number of alkyl halides is 1. The third-order valence-electron chi connectivity index (χ3n) is 4.22. The fourth-order valence-corrected chi connectivity index (χ4v) is 3.14. The molecule has 1 fully saturated rings. The number of hydrogen-bond donors (Lipinski definition) is 7. The van der Waals surface area contributed by atoms with Crippen molar-refractivity contribution in [1.29, 1.82) is 0 Å². The van der Waals surface area contributed by atoms with Crippen molar-refractivity contribution in [2.75, 3.05) is 19.0 Å². The maximum absolute atomic E-state index is 12.3. The maximum Gasteiger partial charge on any atom is 0.319 e. The first-order valence-corrected chi connectivity index (χ1v) is 9.39. The van der Waals surface area contributed by atoms with Crippen LogP contribution in [-0.4, -0.2) is 103 Å². The van der Waals surface area contributed by atoms with Gasteiger partial charge < -0.3 is 40.7 Å². The number of hydrogen-bond acceptors (Lipinski definition) is 8. The number of aliphatic hydroxyl groups excluding tert-OH is 5. The second kappa shape index (κ2) is 10.2. The van der Waals surface area contributed by atoms with Crippen LogP contribution in [0.2, 0.25) is 0 Å². The molecule has 2 unspecified atom stereocenters. The van der Waals surface area contributed by atoms with Gasteiger partial charge in [-0.3, -0.25) is 4.90 Å². The minimum atomic E-state index is -2.23. The number of amides is 2. The molecule has 1 heterocycles. The van der Waals surface area contributed by atoms with E-state index in [0.29, 0.717) is 0 Å². The van der Waals surface area contributed by atoms with Gasteiger partial charge in [0.1, 0.15) is 24.4 Å². The molecule has 0 radical (unpaired) electrons. The van der Waals surface area contributed by atoms with Crippen LogP contribution in [-0.2, 0) is 4.74 Å². The molecule has 10 nitrogen and oxygen atoms in total. The Kier molecular flexibility index (Phi) is 9.16. The zero-order valence-corrected chi connectivity index (χ0v) is 16.5. The number of halogens is 1. The van der Waals surface area contributed by atoms with Gasteiger partial charge in [0.05, 0.1) is 12.6 Å². The second-order valence-corrected chi connectivity index (χ2v) is 7.67. The van der Waals surface area contributed by atoms with E-state index in [9.17, 15) is 35.4 Å². The molecule has 0 saturated carbocycles. The fraction of sp³-hybridized carbons (Fsp3) is 0.938. The van der Waals surface area contributed by atoms with E-state index in [1.165, 1.54) is 6.92 Å². The van der Waals surface area contributed by atoms with Crippen molar-refractivity contribution in [2.24, 2.45) is 5.92 Å². The first-order valence-electron chi connectivity index (χ1n) is 8.85. The summed E-state index contributed by atoms with van der Waals surface area (Å²) in [5, 5.41) is 63.8. The topological polar surface area (TPSA) is 163 Å². The zero-order valence-electron chi connectivity index (χ0n) is 15.7. The molecule has 7 atom stereocenters. The number of nitrogens with zero attached hydrogens (tertiary/aromatic N) is 1. The van der Waals surface area contributed by atoms with Crippen LogP contribution in [0.1, 0.15) is 27.2 Å². The Morgan fingerprint density at radius 1 is 1.22 bits per heavy atom. The second-order valence-electron chi connectivity index (χ2n) is 7.29. The van der Waals surface area contributed by atoms with Crippen LogP contribution in [0.15, 0.2) is 0 Å². The van der Waals surface area contributed by atoms with Gasteiger partial charge in [0.15, 0.2) is 12.0 Å². The van der Waals surface area contributed by atoms with Crippen molar-refractivity contribution >= 4 is 17.6 Å². The van der Waals surface area contributed by atoms with E-state index in [0.717, 1.165) is 4.90 Å². The molecule has 0 aromatic heterocycles. The largest absolute Gasteiger partial charge is 0.392 e. The van der Waals surface area contributed by atoms with E-state index in [4.69, 9.17) is 16.3 Å². The lowest BCUT2D eigenvalue weighted by atomic mass is 9.87. The summed E-state index contributed by atoms with van der Waals surface area (Å²) in [6.45, 7) is 4.66. The van der Waals surface area contributed by atoms with Gasteiger partial charge in [-0.1, -0.05) is 13.8 Å². The summed E-state index contributed by atoms with van der Waals surface area (Å²) >= 11 is 5.52. The van der Waals surface area contributed by atoms with E-state index < -0.39 is 48.6 Å². The lowest BCUT2D eigenvalue weighted by Gasteiger charge is -2.49.